The lowest BCUT2D eigenvalue weighted by Gasteiger charge is -2.22. The van der Waals surface area contributed by atoms with Crippen molar-refractivity contribution in [2.45, 2.75) is 13.3 Å². The first-order chi connectivity index (χ1) is 9.45. The van der Waals surface area contributed by atoms with Gasteiger partial charge in [-0.3, -0.25) is 4.99 Å². The van der Waals surface area contributed by atoms with E-state index in [0.29, 0.717) is 13.2 Å². The number of halogens is 1. The summed E-state index contributed by atoms with van der Waals surface area (Å²) in [5, 5.41) is 0.730. The molecule has 0 aliphatic rings. The second kappa shape index (κ2) is 8.00. The molecule has 0 heterocycles. The smallest absolute Gasteiger partial charge is 0.195 e. The summed E-state index contributed by atoms with van der Waals surface area (Å²) in [5.74, 6) is 1.84. The van der Waals surface area contributed by atoms with Gasteiger partial charge >= 0.3 is 0 Å². The number of hydrogen-bond acceptors (Lipinski definition) is 2. The monoisotopic (exact) mass is 297 g/mol. The van der Waals surface area contributed by atoms with Crippen molar-refractivity contribution < 1.29 is 4.74 Å². The largest absolute Gasteiger partial charge is 0.494 e. The average molecular weight is 298 g/mol. The Morgan fingerprint density at radius 1 is 1.20 bits per heavy atom. The lowest BCUT2D eigenvalue weighted by Crippen LogP contribution is -2.35. The first-order valence-electron chi connectivity index (χ1n) is 6.76. The zero-order valence-corrected chi connectivity index (χ0v) is 13.7. The molecular formula is C15H24ClN3O. The lowest BCUT2D eigenvalue weighted by molar-refractivity contribution is 0.336. The van der Waals surface area contributed by atoms with E-state index < -0.39 is 0 Å². The highest BCUT2D eigenvalue weighted by Crippen LogP contribution is 2.23. The molecule has 0 aliphatic carbocycles. The van der Waals surface area contributed by atoms with Crippen molar-refractivity contribution in [1.82, 2.24) is 9.80 Å². The molecular weight excluding hydrogens is 274 g/mol. The molecule has 5 heteroatoms. The molecule has 20 heavy (non-hydrogen) atoms. The van der Waals surface area contributed by atoms with Crippen molar-refractivity contribution in [2.24, 2.45) is 4.99 Å². The molecule has 0 amide bonds. The lowest BCUT2D eigenvalue weighted by atomic mass is 10.1. The molecule has 0 atom stereocenters. The van der Waals surface area contributed by atoms with Gasteiger partial charge in [0.1, 0.15) is 5.75 Å². The molecule has 0 unspecified atom stereocenters. The number of benzene rings is 1. The standard InChI is InChI=1S/C15H24ClN3O/c1-6-20-14-8-7-13(16)11-12(14)9-10-17-15(18(2)3)19(4)5/h7-8,11H,6,9-10H2,1-5H3. The summed E-state index contributed by atoms with van der Waals surface area (Å²) in [6.45, 7) is 3.33. The Balaban J connectivity index is 2.78. The summed E-state index contributed by atoms with van der Waals surface area (Å²) in [7, 11) is 7.96. The van der Waals surface area contributed by atoms with E-state index in [9.17, 15) is 0 Å². The molecule has 0 N–H and O–H groups in total. The van der Waals surface area contributed by atoms with Crippen LogP contribution in [-0.4, -0.2) is 57.1 Å². The molecule has 0 radical (unpaired) electrons. The summed E-state index contributed by atoms with van der Waals surface area (Å²) >= 11 is 6.05. The minimum Gasteiger partial charge on any atom is -0.494 e. The second-order valence-electron chi connectivity index (χ2n) is 4.91. The predicted molar refractivity (Wildman–Crippen MR) is 86.0 cm³/mol. The maximum Gasteiger partial charge on any atom is 0.195 e. The molecule has 0 fully saturated rings. The van der Waals surface area contributed by atoms with E-state index in [1.54, 1.807) is 0 Å². The van der Waals surface area contributed by atoms with Gasteiger partial charge in [0.2, 0.25) is 0 Å². The van der Waals surface area contributed by atoms with Crippen molar-refractivity contribution in [2.75, 3.05) is 41.3 Å². The maximum atomic E-state index is 6.05. The fraction of sp³-hybridized carbons (Fsp3) is 0.533. The maximum absolute atomic E-state index is 6.05. The molecule has 0 saturated heterocycles. The van der Waals surface area contributed by atoms with Crippen LogP contribution in [0.25, 0.3) is 0 Å². The Morgan fingerprint density at radius 3 is 2.40 bits per heavy atom. The van der Waals surface area contributed by atoms with Crippen LogP contribution in [0.15, 0.2) is 23.2 Å². The highest BCUT2D eigenvalue weighted by molar-refractivity contribution is 6.30. The molecule has 0 saturated carbocycles. The van der Waals surface area contributed by atoms with Crippen molar-refractivity contribution in [1.29, 1.82) is 0 Å². The quantitative estimate of drug-likeness (QED) is 0.618. The van der Waals surface area contributed by atoms with Gasteiger partial charge in [-0.1, -0.05) is 11.6 Å². The van der Waals surface area contributed by atoms with Gasteiger partial charge in [-0.05, 0) is 37.1 Å². The molecule has 4 nitrogen and oxygen atoms in total. The molecule has 112 valence electrons. The third-order valence-corrected chi connectivity index (χ3v) is 2.99. The third-order valence-electron chi connectivity index (χ3n) is 2.76. The number of rotatable bonds is 5. The van der Waals surface area contributed by atoms with Gasteiger partial charge in [0.25, 0.3) is 0 Å². The summed E-state index contributed by atoms with van der Waals surface area (Å²) < 4.78 is 5.62. The van der Waals surface area contributed by atoms with Gasteiger partial charge in [-0.2, -0.15) is 0 Å². The zero-order valence-electron chi connectivity index (χ0n) is 13.0. The van der Waals surface area contributed by atoms with Crippen molar-refractivity contribution in [3.05, 3.63) is 28.8 Å². The first kappa shape index (κ1) is 16.6. The molecule has 1 rings (SSSR count). The van der Waals surface area contributed by atoms with Crippen molar-refractivity contribution in [3.8, 4) is 5.75 Å². The molecule has 0 spiro atoms. The van der Waals surface area contributed by atoms with Crippen LogP contribution in [0.3, 0.4) is 0 Å². The third kappa shape index (κ3) is 4.93. The van der Waals surface area contributed by atoms with Crippen LogP contribution < -0.4 is 4.74 Å². The summed E-state index contributed by atoms with van der Waals surface area (Å²) in [5.41, 5.74) is 1.10. The predicted octanol–water partition coefficient (Wildman–Crippen LogP) is 2.76. The highest BCUT2D eigenvalue weighted by Gasteiger charge is 2.06. The highest BCUT2D eigenvalue weighted by atomic mass is 35.5. The van der Waals surface area contributed by atoms with E-state index in [-0.39, 0.29) is 0 Å². The molecule has 0 aromatic heterocycles. The second-order valence-corrected chi connectivity index (χ2v) is 5.34. The molecule has 0 bridgehead atoms. The van der Waals surface area contributed by atoms with Gasteiger partial charge in [0, 0.05) is 39.8 Å². The number of ether oxygens (including phenoxy) is 1. The average Bonchev–Trinajstić information content (AvgIpc) is 2.36. The van der Waals surface area contributed by atoms with E-state index in [1.807, 2.05) is 63.1 Å². The fourth-order valence-electron chi connectivity index (χ4n) is 2.00. The number of aliphatic imine (C=N–C) groups is 1. The molecule has 1 aromatic rings. The minimum atomic E-state index is 0.651. The van der Waals surface area contributed by atoms with Crippen LogP contribution in [0.2, 0.25) is 5.02 Å². The summed E-state index contributed by atoms with van der Waals surface area (Å²) in [4.78, 5) is 8.62. The van der Waals surface area contributed by atoms with Gasteiger partial charge in [0.05, 0.1) is 6.61 Å². The van der Waals surface area contributed by atoms with Gasteiger partial charge in [0.15, 0.2) is 5.96 Å². The fourth-order valence-corrected chi connectivity index (χ4v) is 2.19. The van der Waals surface area contributed by atoms with E-state index in [2.05, 4.69) is 4.99 Å². The van der Waals surface area contributed by atoms with Crippen molar-refractivity contribution in [3.63, 3.8) is 0 Å². The topological polar surface area (TPSA) is 28.1 Å². The Kier molecular flexibility index (Phi) is 6.65. The van der Waals surface area contributed by atoms with E-state index in [0.717, 1.165) is 28.7 Å². The van der Waals surface area contributed by atoms with Crippen molar-refractivity contribution >= 4 is 17.6 Å². The SMILES string of the molecule is CCOc1ccc(Cl)cc1CCN=C(N(C)C)N(C)C. The van der Waals surface area contributed by atoms with Crippen LogP contribution in [0, 0.1) is 0 Å². The Labute approximate surface area is 127 Å². The van der Waals surface area contributed by atoms with Gasteiger partial charge in [-0.15, -0.1) is 0 Å². The Hall–Kier alpha value is -1.42. The van der Waals surface area contributed by atoms with Gasteiger partial charge < -0.3 is 14.5 Å². The van der Waals surface area contributed by atoms with E-state index >= 15 is 0 Å². The van der Waals surface area contributed by atoms with Crippen LogP contribution >= 0.6 is 11.6 Å². The van der Waals surface area contributed by atoms with Crippen LogP contribution in [0.1, 0.15) is 12.5 Å². The zero-order chi connectivity index (χ0) is 15.1. The Morgan fingerprint density at radius 2 is 1.85 bits per heavy atom. The molecule has 0 aliphatic heterocycles. The summed E-state index contributed by atoms with van der Waals surface area (Å²) in [6.07, 6.45) is 0.807. The van der Waals surface area contributed by atoms with E-state index in [4.69, 9.17) is 16.3 Å². The normalized spacial score (nSPS) is 10.1. The summed E-state index contributed by atoms with van der Waals surface area (Å²) in [6, 6.07) is 5.72. The van der Waals surface area contributed by atoms with Crippen LogP contribution in [0.4, 0.5) is 0 Å². The molecule has 1 aromatic carbocycles. The van der Waals surface area contributed by atoms with E-state index in [1.165, 1.54) is 0 Å². The number of hydrogen-bond donors (Lipinski definition) is 0. The van der Waals surface area contributed by atoms with Gasteiger partial charge in [-0.25, -0.2) is 0 Å². The first-order valence-corrected chi connectivity index (χ1v) is 7.13. The van der Waals surface area contributed by atoms with Crippen LogP contribution in [0.5, 0.6) is 5.75 Å². The number of guanidine groups is 1. The minimum absolute atomic E-state index is 0.651. The Bertz CT molecular complexity index is 448. The van der Waals surface area contributed by atoms with Crippen LogP contribution in [-0.2, 0) is 6.42 Å². The number of nitrogens with zero attached hydrogens (tertiary/aromatic N) is 3.